The Hall–Kier alpha value is -1.93. The lowest BCUT2D eigenvalue weighted by Crippen LogP contribution is -2.50. The predicted octanol–water partition coefficient (Wildman–Crippen LogP) is 1.65. The fourth-order valence-corrected chi connectivity index (χ4v) is 3.53. The van der Waals surface area contributed by atoms with E-state index in [0.29, 0.717) is 13.1 Å². The molecule has 0 radical (unpaired) electrons. The maximum absolute atomic E-state index is 12.4. The quantitative estimate of drug-likeness (QED) is 0.801. The highest BCUT2D eigenvalue weighted by Gasteiger charge is 2.35. The molecule has 0 aliphatic rings. The van der Waals surface area contributed by atoms with Crippen LogP contribution in [-0.4, -0.2) is 60.3 Å². The molecule has 1 aromatic rings. The maximum atomic E-state index is 12.4. The lowest BCUT2D eigenvalue weighted by atomic mass is 10.0. The number of sulfonamides is 1. The second-order valence-electron chi connectivity index (χ2n) is 5.84. The fourth-order valence-electron chi connectivity index (χ4n) is 2.07. The lowest BCUT2D eigenvalue weighted by molar-refractivity contribution is -0.147. The highest BCUT2D eigenvalue weighted by Crippen LogP contribution is 2.19. The SMILES string of the molecule is CCN(CC)S(=O)(=O)c1ccc(C(=O)N(C)C(C)(C)C(=O)O)cc1. The molecule has 24 heavy (non-hydrogen) atoms. The molecule has 0 saturated carbocycles. The Labute approximate surface area is 142 Å². The molecule has 0 spiro atoms. The number of hydrogen-bond donors (Lipinski definition) is 1. The van der Waals surface area contributed by atoms with Gasteiger partial charge in [-0.3, -0.25) is 4.79 Å². The molecular formula is C16H24N2O5S. The van der Waals surface area contributed by atoms with E-state index in [9.17, 15) is 23.1 Å². The number of carboxylic acids is 1. The Kier molecular flexibility index (Phi) is 6.13. The van der Waals surface area contributed by atoms with Crippen LogP contribution < -0.4 is 0 Å². The third-order valence-electron chi connectivity index (χ3n) is 4.11. The first-order valence-corrected chi connectivity index (χ1v) is 9.05. The van der Waals surface area contributed by atoms with Gasteiger partial charge in [0, 0.05) is 25.7 Å². The number of carbonyl (C=O) groups excluding carboxylic acids is 1. The zero-order valence-corrected chi connectivity index (χ0v) is 15.4. The zero-order chi connectivity index (χ0) is 18.7. The van der Waals surface area contributed by atoms with Crippen molar-refractivity contribution in [2.75, 3.05) is 20.1 Å². The highest BCUT2D eigenvalue weighted by atomic mass is 32.2. The van der Waals surface area contributed by atoms with E-state index in [1.807, 2.05) is 0 Å². The molecule has 0 bridgehead atoms. The normalized spacial score (nSPS) is 12.2. The summed E-state index contributed by atoms with van der Waals surface area (Å²) in [6, 6.07) is 5.52. The van der Waals surface area contributed by atoms with Crippen LogP contribution in [0.15, 0.2) is 29.2 Å². The molecule has 0 fully saturated rings. The van der Waals surface area contributed by atoms with Crippen LogP contribution in [-0.2, 0) is 14.8 Å². The van der Waals surface area contributed by atoms with Crippen molar-refractivity contribution in [1.82, 2.24) is 9.21 Å². The van der Waals surface area contributed by atoms with Crippen molar-refractivity contribution >= 4 is 21.9 Å². The second kappa shape index (κ2) is 7.31. The number of amides is 1. The van der Waals surface area contributed by atoms with Gasteiger partial charge in [0.25, 0.3) is 5.91 Å². The average molecular weight is 356 g/mol. The Morgan fingerprint density at radius 1 is 1.08 bits per heavy atom. The minimum absolute atomic E-state index is 0.0999. The van der Waals surface area contributed by atoms with E-state index >= 15 is 0 Å². The van der Waals surface area contributed by atoms with Crippen LogP contribution in [0, 0.1) is 0 Å². The molecule has 1 rings (SSSR count). The minimum atomic E-state index is -3.59. The number of benzene rings is 1. The maximum Gasteiger partial charge on any atom is 0.329 e. The smallest absolute Gasteiger partial charge is 0.329 e. The van der Waals surface area contributed by atoms with Crippen LogP contribution in [0.3, 0.4) is 0 Å². The monoisotopic (exact) mass is 356 g/mol. The molecule has 0 aliphatic carbocycles. The minimum Gasteiger partial charge on any atom is -0.480 e. The third kappa shape index (κ3) is 3.76. The summed E-state index contributed by atoms with van der Waals surface area (Å²) < 4.78 is 26.1. The summed E-state index contributed by atoms with van der Waals surface area (Å²) in [7, 11) is -2.19. The second-order valence-corrected chi connectivity index (χ2v) is 7.78. The van der Waals surface area contributed by atoms with Crippen LogP contribution >= 0.6 is 0 Å². The molecule has 0 aliphatic heterocycles. The summed E-state index contributed by atoms with van der Waals surface area (Å²) in [5.41, 5.74) is -1.14. The summed E-state index contributed by atoms with van der Waals surface area (Å²) >= 11 is 0. The van der Waals surface area contributed by atoms with Crippen molar-refractivity contribution < 1.29 is 23.1 Å². The first-order valence-electron chi connectivity index (χ1n) is 7.61. The fraction of sp³-hybridized carbons (Fsp3) is 0.500. The van der Waals surface area contributed by atoms with E-state index in [4.69, 9.17) is 0 Å². The van der Waals surface area contributed by atoms with Crippen LogP contribution in [0.25, 0.3) is 0 Å². The van der Waals surface area contributed by atoms with Gasteiger partial charge in [0.1, 0.15) is 5.54 Å². The predicted molar refractivity (Wildman–Crippen MR) is 90.4 cm³/mol. The molecule has 1 N–H and O–H groups in total. The van der Waals surface area contributed by atoms with E-state index in [2.05, 4.69) is 0 Å². The number of likely N-dealkylation sites (N-methyl/N-ethyl adjacent to an activating group) is 1. The zero-order valence-electron chi connectivity index (χ0n) is 14.6. The van der Waals surface area contributed by atoms with Crippen LogP contribution in [0.4, 0.5) is 0 Å². The molecule has 0 heterocycles. The van der Waals surface area contributed by atoms with Crippen LogP contribution in [0.5, 0.6) is 0 Å². The van der Waals surface area contributed by atoms with E-state index in [-0.39, 0.29) is 10.5 Å². The topological polar surface area (TPSA) is 95.0 Å². The Morgan fingerprint density at radius 3 is 1.92 bits per heavy atom. The van der Waals surface area contributed by atoms with E-state index in [0.717, 1.165) is 4.90 Å². The first kappa shape index (κ1) is 20.1. The van der Waals surface area contributed by atoms with Gasteiger partial charge >= 0.3 is 5.97 Å². The van der Waals surface area contributed by atoms with Gasteiger partial charge in [0.05, 0.1) is 4.90 Å². The largest absolute Gasteiger partial charge is 0.480 e. The molecule has 7 nitrogen and oxygen atoms in total. The van der Waals surface area contributed by atoms with Crippen molar-refractivity contribution in [3.63, 3.8) is 0 Å². The lowest BCUT2D eigenvalue weighted by Gasteiger charge is -2.31. The van der Waals surface area contributed by atoms with Crippen LogP contribution in [0.2, 0.25) is 0 Å². The Morgan fingerprint density at radius 2 is 1.54 bits per heavy atom. The van der Waals surface area contributed by atoms with Gasteiger partial charge in [-0.1, -0.05) is 13.8 Å². The Bertz CT molecular complexity index is 706. The van der Waals surface area contributed by atoms with Crippen molar-refractivity contribution in [1.29, 1.82) is 0 Å². The molecule has 0 aromatic heterocycles. The number of nitrogens with zero attached hydrogens (tertiary/aromatic N) is 2. The van der Waals surface area contributed by atoms with Gasteiger partial charge in [0.2, 0.25) is 10.0 Å². The number of rotatable bonds is 7. The van der Waals surface area contributed by atoms with E-state index < -0.39 is 27.4 Å². The summed E-state index contributed by atoms with van der Waals surface area (Å²) in [5.74, 6) is -1.62. The molecule has 0 saturated heterocycles. The van der Waals surface area contributed by atoms with Crippen molar-refractivity contribution in [3.8, 4) is 0 Å². The number of carbonyl (C=O) groups is 2. The standard InChI is InChI=1S/C16H24N2O5S/c1-6-18(7-2)24(22,23)13-10-8-12(9-11-13)14(19)17(5)16(3,4)15(20)21/h8-11H,6-7H2,1-5H3,(H,20,21). The number of hydrogen-bond acceptors (Lipinski definition) is 4. The van der Waals surface area contributed by atoms with E-state index in [1.54, 1.807) is 13.8 Å². The van der Waals surface area contributed by atoms with Gasteiger partial charge in [-0.25, -0.2) is 13.2 Å². The third-order valence-corrected chi connectivity index (χ3v) is 6.18. The summed E-state index contributed by atoms with van der Waals surface area (Å²) in [6.07, 6.45) is 0. The van der Waals surface area contributed by atoms with Crippen molar-refractivity contribution in [2.24, 2.45) is 0 Å². The molecule has 0 atom stereocenters. The van der Waals surface area contributed by atoms with Gasteiger partial charge in [-0.2, -0.15) is 4.31 Å². The van der Waals surface area contributed by atoms with Crippen molar-refractivity contribution in [3.05, 3.63) is 29.8 Å². The van der Waals surface area contributed by atoms with Gasteiger partial charge in [0.15, 0.2) is 0 Å². The van der Waals surface area contributed by atoms with Gasteiger partial charge < -0.3 is 10.0 Å². The molecular weight excluding hydrogens is 332 g/mol. The van der Waals surface area contributed by atoms with Gasteiger partial charge in [-0.15, -0.1) is 0 Å². The molecule has 1 amide bonds. The average Bonchev–Trinajstić information content (AvgIpc) is 2.54. The Balaban J connectivity index is 3.12. The summed E-state index contributed by atoms with van der Waals surface area (Å²) in [5, 5.41) is 9.19. The van der Waals surface area contributed by atoms with Crippen molar-refractivity contribution in [2.45, 2.75) is 38.1 Å². The highest BCUT2D eigenvalue weighted by molar-refractivity contribution is 7.89. The van der Waals surface area contributed by atoms with Gasteiger partial charge in [-0.05, 0) is 38.1 Å². The first-order chi connectivity index (χ1) is 11.0. The number of carboxylic acid groups (broad SMARTS) is 1. The van der Waals surface area contributed by atoms with E-state index in [1.165, 1.54) is 49.5 Å². The van der Waals surface area contributed by atoms with Crippen LogP contribution in [0.1, 0.15) is 38.1 Å². The molecule has 0 unspecified atom stereocenters. The summed E-state index contributed by atoms with van der Waals surface area (Å²) in [6.45, 7) is 7.06. The molecule has 134 valence electrons. The molecule has 1 aromatic carbocycles. The summed E-state index contributed by atoms with van der Waals surface area (Å²) in [4.78, 5) is 24.9. The molecule has 8 heteroatoms. The number of aliphatic carboxylic acids is 1.